The van der Waals surface area contributed by atoms with Crippen LogP contribution in [0.15, 0.2) is 0 Å². The first-order chi connectivity index (χ1) is 6.60. The van der Waals surface area contributed by atoms with Crippen molar-refractivity contribution in [3.05, 3.63) is 0 Å². The molecule has 0 aromatic heterocycles. The molecule has 2 aliphatic rings. The third kappa shape index (κ3) is 1.96. The second-order valence-electron chi connectivity index (χ2n) is 5.50. The predicted octanol–water partition coefficient (Wildman–Crippen LogP) is 3.05. The Kier molecular flexibility index (Phi) is 2.87. The molecule has 0 aromatic rings. The highest BCUT2D eigenvalue weighted by molar-refractivity contribution is 8.00. The van der Waals surface area contributed by atoms with E-state index in [-0.39, 0.29) is 0 Å². The largest absolute Gasteiger partial charge is 0.312 e. The van der Waals surface area contributed by atoms with Gasteiger partial charge in [-0.2, -0.15) is 11.8 Å². The van der Waals surface area contributed by atoms with E-state index in [1.54, 1.807) is 0 Å². The van der Waals surface area contributed by atoms with E-state index in [0.717, 1.165) is 0 Å². The second-order valence-corrected chi connectivity index (χ2v) is 6.77. The molecule has 0 spiro atoms. The molecule has 0 bridgehead atoms. The molecule has 14 heavy (non-hydrogen) atoms. The van der Waals surface area contributed by atoms with Crippen molar-refractivity contribution in [2.45, 2.75) is 56.7 Å². The number of nitrogens with one attached hydrogen (secondary N) is 1. The normalized spacial score (nSPS) is 29.4. The van der Waals surface area contributed by atoms with Gasteiger partial charge in [-0.1, -0.05) is 13.3 Å². The Labute approximate surface area is 92.4 Å². The highest BCUT2D eigenvalue weighted by atomic mass is 32.2. The third-order valence-electron chi connectivity index (χ3n) is 4.51. The van der Waals surface area contributed by atoms with Gasteiger partial charge in [0.15, 0.2) is 0 Å². The molecule has 1 N–H and O–H groups in total. The van der Waals surface area contributed by atoms with Crippen LogP contribution < -0.4 is 5.32 Å². The monoisotopic (exact) mass is 213 g/mol. The van der Waals surface area contributed by atoms with Crippen LogP contribution in [0, 0.1) is 5.41 Å². The van der Waals surface area contributed by atoms with Crippen molar-refractivity contribution < 1.29 is 0 Å². The van der Waals surface area contributed by atoms with Crippen molar-refractivity contribution in [1.82, 2.24) is 5.32 Å². The quantitative estimate of drug-likeness (QED) is 0.753. The van der Waals surface area contributed by atoms with Gasteiger partial charge in [-0.15, -0.1) is 0 Å². The molecule has 2 heteroatoms. The first kappa shape index (κ1) is 10.8. The van der Waals surface area contributed by atoms with Crippen LogP contribution in [0.2, 0.25) is 0 Å². The Morgan fingerprint density at radius 3 is 2.29 bits per heavy atom. The zero-order valence-electron chi connectivity index (χ0n) is 9.73. The Bertz CT molecular complexity index is 201. The van der Waals surface area contributed by atoms with Gasteiger partial charge in [0.25, 0.3) is 0 Å². The van der Waals surface area contributed by atoms with E-state index in [0.29, 0.717) is 16.2 Å². The van der Waals surface area contributed by atoms with E-state index in [4.69, 9.17) is 0 Å². The van der Waals surface area contributed by atoms with E-state index in [9.17, 15) is 0 Å². The summed E-state index contributed by atoms with van der Waals surface area (Å²) in [6.07, 6.45) is 9.40. The van der Waals surface area contributed by atoms with Crippen molar-refractivity contribution in [3.63, 3.8) is 0 Å². The third-order valence-corrected chi connectivity index (χ3v) is 5.93. The fourth-order valence-electron chi connectivity index (χ4n) is 2.24. The van der Waals surface area contributed by atoms with Gasteiger partial charge in [0.1, 0.15) is 0 Å². The molecule has 2 rings (SSSR count). The molecule has 0 aromatic carbocycles. The van der Waals surface area contributed by atoms with Gasteiger partial charge in [0.05, 0.1) is 0 Å². The topological polar surface area (TPSA) is 12.0 Å². The summed E-state index contributed by atoms with van der Waals surface area (Å²) < 4.78 is 0.597. The first-order valence-electron chi connectivity index (χ1n) is 5.89. The van der Waals surface area contributed by atoms with Crippen LogP contribution in [-0.2, 0) is 0 Å². The maximum Gasteiger partial charge on any atom is 0.0281 e. The summed E-state index contributed by atoms with van der Waals surface area (Å²) in [6.45, 7) is 6.00. The highest BCUT2D eigenvalue weighted by Gasteiger charge is 2.44. The maximum absolute atomic E-state index is 3.76. The first-order valence-corrected chi connectivity index (χ1v) is 7.11. The molecule has 0 aliphatic heterocycles. The minimum absolute atomic E-state index is 0.597. The Morgan fingerprint density at radius 1 is 1.29 bits per heavy atom. The molecule has 2 aliphatic carbocycles. The molecule has 2 fully saturated rings. The molecule has 82 valence electrons. The Balaban J connectivity index is 1.76. The minimum Gasteiger partial charge on any atom is -0.312 e. The summed E-state index contributed by atoms with van der Waals surface area (Å²) in [5.41, 5.74) is 0.628. The van der Waals surface area contributed by atoms with Crippen LogP contribution in [0.4, 0.5) is 0 Å². The van der Waals surface area contributed by atoms with Gasteiger partial charge in [-0.05, 0) is 44.3 Å². The molecule has 0 radical (unpaired) electrons. The van der Waals surface area contributed by atoms with Gasteiger partial charge >= 0.3 is 0 Å². The lowest BCUT2D eigenvalue weighted by Gasteiger charge is -2.42. The molecule has 0 heterocycles. The summed E-state index contributed by atoms with van der Waals surface area (Å²) in [4.78, 5) is 0. The summed E-state index contributed by atoms with van der Waals surface area (Å²) in [7, 11) is 0. The lowest BCUT2D eigenvalue weighted by molar-refractivity contribution is 0.301. The lowest BCUT2D eigenvalue weighted by Crippen LogP contribution is -2.47. The molecule has 0 saturated heterocycles. The summed E-state index contributed by atoms with van der Waals surface area (Å²) in [5.74, 6) is 0. The van der Waals surface area contributed by atoms with E-state index in [2.05, 4.69) is 37.2 Å². The van der Waals surface area contributed by atoms with Crippen molar-refractivity contribution in [3.8, 4) is 0 Å². The molecule has 1 atom stereocenters. The van der Waals surface area contributed by atoms with Crippen molar-refractivity contribution in [1.29, 1.82) is 0 Å². The summed E-state index contributed by atoms with van der Waals surface area (Å²) >= 11 is 2.07. The van der Waals surface area contributed by atoms with Crippen LogP contribution >= 0.6 is 11.8 Å². The van der Waals surface area contributed by atoms with Gasteiger partial charge in [0, 0.05) is 17.3 Å². The second kappa shape index (κ2) is 3.71. The summed E-state index contributed by atoms with van der Waals surface area (Å²) in [5, 5.41) is 3.76. The van der Waals surface area contributed by atoms with E-state index >= 15 is 0 Å². The molecule has 1 unspecified atom stereocenters. The van der Waals surface area contributed by atoms with Gasteiger partial charge in [-0.25, -0.2) is 0 Å². The smallest absolute Gasteiger partial charge is 0.0281 e. The number of hydrogen-bond donors (Lipinski definition) is 1. The van der Waals surface area contributed by atoms with Gasteiger partial charge in [0.2, 0.25) is 0 Å². The Morgan fingerprint density at radius 2 is 1.93 bits per heavy atom. The standard InChI is InChI=1S/C12H23NS/c1-10(11(2)7-8-11)13-9-12(14-3)5-4-6-12/h10,13H,4-9H2,1-3H3. The molecule has 0 amide bonds. The molecular weight excluding hydrogens is 190 g/mol. The molecule has 1 nitrogen and oxygen atoms in total. The molecular formula is C12H23NS. The number of rotatable bonds is 5. The highest BCUT2D eigenvalue weighted by Crippen LogP contribution is 2.48. The summed E-state index contributed by atoms with van der Waals surface area (Å²) in [6, 6.07) is 0.715. The zero-order chi connectivity index (χ0) is 10.2. The fourth-order valence-corrected chi connectivity index (χ4v) is 3.16. The Hall–Kier alpha value is 0.310. The van der Waals surface area contributed by atoms with Crippen molar-refractivity contribution in [2.24, 2.45) is 5.41 Å². The van der Waals surface area contributed by atoms with Gasteiger partial charge in [-0.3, -0.25) is 0 Å². The van der Waals surface area contributed by atoms with Crippen molar-refractivity contribution >= 4 is 11.8 Å². The average Bonchev–Trinajstić information content (AvgIpc) is 2.84. The van der Waals surface area contributed by atoms with Crippen LogP contribution in [0.5, 0.6) is 0 Å². The van der Waals surface area contributed by atoms with Crippen LogP contribution in [-0.4, -0.2) is 23.6 Å². The van der Waals surface area contributed by atoms with Crippen LogP contribution in [0.25, 0.3) is 0 Å². The predicted molar refractivity (Wildman–Crippen MR) is 64.9 cm³/mol. The van der Waals surface area contributed by atoms with Crippen LogP contribution in [0.1, 0.15) is 46.0 Å². The van der Waals surface area contributed by atoms with Crippen LogP contribution in [0.3, 0.4) is 0 Å². The number of hydrogen-bond acceptors (Lipinski definition) is 2. The number of thioether (sulfide) groups is 1. The fraction of sp³-hybridized carbons (Fsp3) is 1.00. The van der Waals surface area contributed by atoms with E-state index in [1.807, 2.05) is 0 Å². The van der Waals surface area contributed by atoms with E-state index < -0.39 is 0 Å². The molecule has 2 saturated carbocycles. The van der Waals surface area contributed by atoms with E-state index in [1.165, 1.54) is 38.6 Å². The minimum atomic E-state index is 0.597. The maximum atomic E-state index is 3.76. The van der Waals surface area contributed by atoms with Gasteiger partial charge < -0.3 is 5.32 Å². The SMILES string of the molecule is CSC1(CNC(C)C2(C)CC2)CCC1. The lowest BCUT2D eigenvalue weighted by atomic mass is 9.83. The average molecular weight is 213 g/mol. The zero-order valence-corrected chi connectivity index (χ0v) is 10.5. The van der Waals surface area contributed by atoms with Crippen molar-refractivity contribution in [2.75, 3.05) is 12.8 Å².